The number of methoxy groups -OCH3 is 1. The van der Waals surface area contributed by atoms with Crippen molar-refractivity contribution in [2.24, 2.45) is 0 Å². The summed E-state index contributed by atoms with van der Waals surface area (Å²) >= 11 is 0. The van der Waals surface area contributed by atoms with Gasteiger partial charge in [0.1, 0.15) is 11.8 Å². The van der Waals surface area contributed by atoms with E-state index < -0.39 is 24.7 Å². The fourth-order valence-electron chi connectivity index (χ4n) is 2.67. The molecule has 0 aromatic heterocycles. The Hall–Kier alpha value is -2.18. The van der Waals surface area contributed by atoms with Crippen molar-refractivity contribution in [1.82, 2.24) is 4.90 Å². The van der Waals surface area contributed by atoms with Crippen molar-refractivity contribution < 1.29 is 27.8 Å². The van der Waals surface area contributed by atoms with E-state index >= 15 is 0 Å². The van der Waals surface area contributed by atoms with E-state index in [1.807, 2.05) is 0 Å². The number of likely N-dealkylation sites (tertiary alicyclic amines) is 1. The summed E-state index contributed by atoms with van der Waals surface area (Å²) in [5.74, 6) is -0.624. The second-order valence-corrected chi connectivity index (χ2v) is 5.01. The number of ether oxygens (including phenoxy) is 2. The molecule has 1 aliphatic rings. The fourth-order valence-corrected chi connectivity index (χ4v) is 2.67. The predicted molar refractivity (Wildman–Crippen MR) is 73.4 cm³/mol. The lowest BCUT2D eigenvalue weighted by molar-refractivity contribution is -0.150. The molecule has 0 N–H and O–H groups in total. The first kappa shape index (κ1) is 16.2. The lowest BCUT2D eigenvalue weighted by Crippen LogP contribution is -2.40. The quantitative estimate of drug-likeness (QED) is 0.784. The van der Waals surface area contributed by atoms with E-state index in [1.54, 1.807) is 19.1 Å². The second-order valence-electron chi connectivity index (χ2n) is 5.01. The molecule has 1 aromatic rings. The Morgan fingerprint density at radius 2 is 2.14 bits per heavy atom. The third-order valence-corrected chi connectivity index (χ3v) is 3.71. The Bertz CT molecular complexity index is 564. The van der Waals surface area contributed by atoms with Gasteiger partial charge in [-0.15, -0.1) is 0 Å². The highest BCUT2D eigenvalue weighted by Gasteiger charge is 2.39. The average molecular weight is 313 g/mol. The first-order valence-electron chi connectivity index (χ1n) is 6.87. The number of benzene rings is 1. The van der Waals surface area contributed by atoms with E-state index in [-0.39, 0.29) is 18.1 Å². The van der Waals surface area contributed by atoms with Gasteiger partial charge in [-0.1, -0.05) is 12.1 Å². The normalized spacial score (nSPS) is 19.4. The molecule has 0 spiro atoms. The van der Waals surface area contributed by atoms with Crippen LogP contribution in [-0.2, 0) is 14.3 Å². The van der Waals surface area contributed by atoms with Gasteiger partial charge in [0, 0.05) is 6.42 Å². The lowest BCUT2D eigenvalue weighted by Gasteiger charge is -2.29. The standard InChI is InChI=1S/C15H17F2NO4/c1-9(10-4-3-5-11(8-10)22-15(16)17)18-12(14(20)21-2)6-7-13(18)19/h3-5,8-9,12,15H,6-7H2,1-2H3. The van der Waals surface area contributed by atoms with E-state index in [0.717, 1.165) is 0 Å². The Morgan fingerprint density at radius 3 is 2.77 bits per heavy atom. The van der Waals surface area contributed by atoms with Crippen molar-refractivity contribution in [2.75, 3.05) is 7.11 Å². The van der Waals surface area contributed by atoms with Crippen LogP contribution in [0.3, 0.4) is 0 Å². The summed E-state index contributed by atoms with van der Waals surface area (Å²) in [6.07, 6.45) is 0.653. The molecule has 5 nitrogen and oxygen atoms in total. The molecule has 0 radical (unpaired) electrons. The van der Waals surface area contributed by atoms with E-state index in [9.17, 15) is 18.4 Å². The molecule has 0 saturated carbocycles. The van der Waals surface area contributed by atoms with Gasteiger partial charge >= 0.3 is 12.6 Å². The molecule has 2 rings (SSSR count). The van der Waals surface area contributed by atoms with Crippen molar-refractivity contribution in [3.8, 4) is 5.75 Å². The minimum absolute atomic E-state index is 0.0145. The number of halogens is 2. The summed E-state index contributed by atoms with van der Waals surface area (Å²) in [5.41, 5.74) is 0.613. The molecule has 7 heteroatoms. The summed E-state index contributed by atoms with van der Waals surface area (Å²) in [7, 11) is 1.27. The van der Waals surface area contributed by atoms with Crippen LogP contribution in [-0.4, -0.2) is 36.5 Å². The molecule has 22 heavy (non-hydrogen) atoms. The predicted octanol–water partition coefficient (Wildman–Crippen LogP) is 2.51. The van der Waals surface area contributed by atoms with Crippen LogP contribution in [0.15, 0.2) is 24.3 Å². The third kappa shape index (κ3) is 3.35. The van der Waals surface area contributed by atoms with E-state index in [2.05, 4.69) is 4.74 Å². The smallest absolute Gasteiger partial charge is 0.387 e. The van der Waals surface area contributed by atoms with Crippen molar-refractivity contribution in [3.05, 3.63) is 29.8 Å². The van der Waals surface area contributed by atoms with Gasteiger partial charge in [0.25, 0.3) is 0 Å². The van der Waals surface area contributed by atoms with Gasteiger partial charge in [0.05, 0.1) is 13.2 Å². The molecule has 2 atom stereocenters. The fraction of sp³-hybridized carbons (Fsp3) is 0.467. The average Bonchev–Trinajstić information content (AvgIpc) is 2.87. The van der Waals surface area contributed by atoms with Gasteiger partial charge < -0.3 is 14.4 Å². The first-order valence-corrected chi connectivity index (χ1v) is 6.87. The Morgan fingerprint density at radius 1 is 1.41 bits per heavy atom. The topological polar surface area (TPSA) is 55.8 Å². The molecule has 1 amide bonds. The molecule has 1 aromatic carbocycles. The van der Waals surface area contributed by atoms with Crippen LogP contribution in [0.25, 0.3) is 0 Å². The minimum Gasteiger partial charge on any atom is -0.467 e. The summed E-state index contributed by atoms with van der Waals surface area (Å²) in [6, 6.07) is 5.02. The molecule has 2 unspecified atom stereocenters. The van der Waals surface area contributed by atoms with Crippen LogP contribution >= 0.6 is 0 Å². The first-order chi connectivity index (χ1) is 10.4. The summed E-state index contributed by atoms with van der Waals surface area (Å²) in [4.78, 5) is 25.3. The number of carbonyl (C=O) groups is 2. The van der Waals surface area contributed by atoms with E-state index in [0.29, 0.717) is 12.0 Å². The van der Waals surface area contributed by atoms with Crippen LogP contribution in [0, 0.1) is 0 Å². The number of esters is 1. The maximum atomic E-state index is 12.3. The number of rotatable bonds is 5. The van der Waals surface area contributed by atoms with E-state index in [1.165, 1.54) is 24.1 Å². The summed E-state index contributed by atoms with van der Waals surface area (Å²) in [6.45, 7) is -1.18. The highest BCUT2D eigenvalue weighted by atomic mass is 19.3. The lowest BCUT2D eigenvalue weighted by atomic mass is 10.1. The zero-order chi connectivity index (χ0) is 16.3. The zero-order valence-electron chi connectivity index (χ0n) is 12.3. The number of hydrogen-bond acceptors (Lipinski definition) is 4. The van der Waals surface area contributed by atoms with Crippen LogP contribution in [0.4, 0.5) is 8.78 Å². The van der Waals surface area contributed by atoms with Crippen molar-refractivity contribution in [1.29, 1.82) is 0 Å². The summed E-state index contributed by atoms with van der Waals surface area (Å²) in [5, 5.41) is 0. The highest BCUT2D eigenvalue weighted by Crippen LogP contribution is 2.32. The van der Waals surface area contributed by atoms with Gasteiger partial charge in [0.2, 0.25) is 5.91 Å². The van der Waals surface area contributed by atoms with E-state index in [4.69, 9.17) is 4.74 Å². The minimum atomic E-state index is -2.92. The number of alkyl halides is 2. The zero-order valence-corrected chi connectivity index (χ0v) is 12.3. The second kappa shape index (κ2) is 6.72. The Kier molecular flexibility index (Phi) is 4.95. The van der Waals surface area contributed by atoms with Gasteiger partial charge in [-0.2, -0.15) is 8.78 Å². The Balaban J connectivity index is 2.24. The number of hydrogen-bond donors (Lipinski definition) is 0. The van der Waals surface area contributed by atoms with Gasteiger partial charge in [-0.25, -0.2) is 4.79 Å². The van der Waals surface area contributed by atoms with Gasteiger partial charge in [0.15, 0.2) is 0 Å². The molecule has 1 fully saturated rings. The molecule has 0 aliphatic carbocycles. The monoisotopic (exact) mass is 313 g/mol. The number of amides is 1. The molecule has 1 saturated heterocycles. The highest BCUT2D eigenvalue weighted by molar-refractivity contribution is 5.88. The SMILES string of the molecule is COC(=O)C1CCC(=O)N1C(C)c1cccc(OC(F)F)c1. The maximum absolute atomic E-state index is 12.3. The van der Waals surface area contributed by atoms with Crippen LogP contribution in [0.1, 0.15) is 31.4 Å². The molecular formula is C15H17F2NO4. The maximum Gasteiger partial charge on any atom is 0.387 e. The molecular weight excluding hydrogens is 296 g/mol. The van der Waals surface area contributed by atoms with Crippen molar-refractivity contribution in [2.45, 2.75) is 38.5 Å². The van der Waals surface area contributed by atoms with Crippen molar-refractivity contribution >= 4 is 11.9 Å². The number of nitrogens with zero attached hydrogens (tertiary/aromatic N) is 1. The van der Waals surface area contributed by atoms with Crippen LogP contribution in [0.2, 0.25) is 0 Å². The molecule has 0 bridgehead atoms. The van der Waals surface area contributed by atoms with Gasteiger partial charge in [-0.05, 0) is 31.0 Å². The molecule has 1 aliphatic heterocycles. The van der Waals surface area contributed by atoms with Crippen LogP contribution < -0.4 is 4.74 Å². The van der Waals surface area contributed by atoms with Gasteiger partial charge in [-0.3, -0.25) is 4.79 Å². The van der Waals surface area contributed by atoms with Crippen LogP contribution in [0.5, 0.6) is 5.75 Å². The number of carbonyl (C=O) groups excluding carboxylic acids is 2. The molecule has 120 valence electrons. The molecule has 1 heterocycles. The largest absolute Gasteiger partial charge is 0.467 e. The van der Waals surface area contributed by atoms with Crippen molar-refractivity contribution in [3.63, 3.8) is 0 Å². The Labute approximate surface area is 126 Å². The summed E-state index contributed by atoms with van der Waals surface area (Å²) < 4.78 is 33.6. The third-order valence-electron chi connectivity index (χ3n) is 3.71.